The molecule has 0 bridgehead atoms. The molecule has 0 radical (unpaired) electrons. The fraction of sp³-hybridized carbons (Fsp3) is 0.188. The number of methoxy groups -OCH3 is 1. The van der Waals surface area contributed by atoms with E-state index in [2.05, 4.69) is 17.2 Å². The van der Waals surface area contributed by atoms with Gasteiger partial charge in [0.2, 0.25) is 0 Å². The highest BCUT2D eigenvalue weighted by Crippen LogP contribution is 2.15. The summed E-state index contributed by atoms with van der Waals surface area (Å²) in [5.41, 5.74) is 6.92. The number of thiophene rings is 1. The Labute approximate surface area is 127 Å². The molecule has 5 heteroatoms. The number of amides is 1. The van der Waals surface area contributed by atoms with Crippen LogP contribution in [0.4, 0.5) is 0 Å². The largest absolute Gasteiger partial charge is 0.497 e. The van der Waals surface area contributed by atoms with E-state index in [0.717, 1.165) is 16.2 Å². The second-order valence-electron chi connectivity index (χ2n) is 4.24. The van der Waals surface area contributed by atoms with Gasteiger partial charge < -0.3 is 15.8 Å². The first kappa shape index (κ1) is 15.1. The van der Waals surface area contributed by atoms with Crippen molar-refractivity contribution in [3.63, 3.8) is 0 Å². The molecule has 1 aromatic carbocycles. The van der Waals surface area contributed by atoms with E-state index < -0.39 is 0 Å². The van der Waals surface area contributed by atoms with Crippen LogP contribution in [0.25, 0.3) is 0 Å². The zero-order valence-corrected chi connectivity index (χ0v) is 12.5. The zero-order valence-electron chi connectivity index (χ0n) is 11.7. The Balaban J connectivity index is 1.96. The van der Waals surface area contributed by atoms with E-state index in [4.69, 9.17) is 10.5 Å². The van der Waals surface area contributed by atoms with Gasteiger partial charge in [-0.15, -0.1) is 11.3 Å². The maximum Gasteiger partial charge on any atom is 0.252 e. The average Bonchev–Trinajstić information content (AvgIpc) is 2.99. The Morgan fingerprint density at radius 2 is 2.29 bits per heavy atom. The van der Waals surface area contributed by atoms with Crippen molar-refractivity contribution in [2.24, 2.45) is 5.73 Å². The average molecular weight is 300 g/mol. The Bertz CT molecular complexity index is 683. The number of nitrogens with one attached hydrogen (secondary N) is 1. The quantitative estimate of drug-likeness (QED) is 0.849. The maximum atomic E-state index is 12.1. The third-order valence-corrected chi connectivity index (χ3v) is 3.61. The minimum Gasteiger partial charge on any atom is -0.497 e. The highest BCUT2D eigenvalue weighted by molar-refractivity contribution is 7.10. The summed E-state index contributed by atoms with van der Waals surface area (Å²) in [6.45, 7) is 0.769. The van der Waals surface area contributed by atoms with Gasteiger partial charge in [0, 0.05) is 11.9 Å². The van der Waals surface area contributed by atoms with E-state index in [1.54, 1.807) is 18.6 Å². The number of hydrogen-bond acceptors (Lipinski definition) is 4. The summed E-state index contributed by atoms with van der Waals surface area (Å²) in [4.78, 5) is 12.9. The van der Waals surface area contributed by atoms with Crippen molar-refractivity contribution >= 4 is 17.2 Å². The fourth-order valence-corrected chi connectivity index (χ4v) is 2.48. The summed E-state index contributed by atoms with van der Waals surface area (Å²) in [6, 6.07) is 9.37. The molecule has 1 amide bonds. The number of ether oxygens (including phenoxy) is 1. The van der Waals surface area contributed by atoms with Crippen LogP contribution in [0.3, 0.4) is 0 Å². The van der Waals surface area contributed by atoms with E-state index in [0.29, 0.717) is 18.7 Å². The van der Waals surface area contributed by atoms with Crippen molar-refractivity contribution in [1.82, 2.24) is 5.32 Å². The third-order valence-electron chi connectivity index (χ3n) is 2.76. The van der Waals surface area contributed by atoms with Gasteiger partial charge in [-0.05, 0) is 23.8 Å². The van der Waals surface area contributed by atoms with Gasteiger partial charge in [-0.3, -0.25) is 4.79 Å². The molecule has 0 aliphatic rings. The standard InChI is InChI=1S/C16H16N2O2S/c1-20-14-5-2-4-12(8-14)10-18-16(19)13-9-15(21-11-13)6-3-7-17/h2,4-5,8-9,11H,7,10,17H2,1H3,(H,18,19). The summed E-state index contributed by atoms with van der Waals surface area (Å²) in [6.07, 6.45) is 0. The predicted molar refractivity (Wildman–Crippen MR) is 84.4 cm³/mol. The van der Waals surface area contributed by atoms with Gasteiger partial charge in [-0.1, -0.05) is 24.0 Å². The monoisotopic (exact) mass is 300 g/mol. The van der Waals surface area contributed by atoms with Crippen LogP contribution in [-0.2, 0) is 6.54 Å². The first-order valence-electron chi connectivity index (χ1n) is 6.41. The second-order valence-corrected chi connectivity index (χ2v) is 5.15. The number of nitrogens with two attached hydrogens (primary N) is 1. The van der Waals surface area contributed by atoms with Crippen LogP contribution in [-0.4, -0.2) is 19.6 Å². The van der Waals surface area contributed by atoms with Gasteiger partial charge in [0.15, 0.2) is 0 Å². The number of hydrogen-bond donors (Lipinski definition) is 2. The second kappa shape index (κ2) is 7.48. The minimum absolute atomic E-state index is 0.116. The van der Waals surface area contributed by atoms with E-state index in [-0.39, 0.29) is 5.91 Å². The normalized spacial score (nSPS) is 9.62. The molecule has 0 unspecified atom stereocenters. The predicted octanol–water partition coefficient (Wildman–Crippen LogP) is 2.00. The highest BCUT2D eigenvalue weighted by Gasteiger charge is 2.07. The summed E-state index contributed by atoms with van der Waals surface area (Å²) in [5.74, 6) is 6.34. The molecule has 2 rings (SSSR count). The van der Waals surface area contributed by atoms with Crippen LogP contribution >= 0.6 is 11.3 Å². The molecule has 1 heterocycles. The number of rotatable bonds is 4. The summed E-state index contributed by atoms with van der Waals surface area (Å²) in [5, 5.41) is 4.67. The Kier molecular flexibility index (Phi) is 5.38. The molecule has 108 valence electrons. The van der Waals surface area contributed by atoms with Crippen LogP contribution in [0.1, 0.15) is 20.8 Å². The smallest absolute Gasteiger partial charge is 0.252 e. The first-order valence-corrected chi connectivity index (χ1v) is 7.29. The lowest BCUT2D eigenvalue weighted by Gasteiger charge is -2.06. The van der Waals surface area contributed by atoms with Crippen LogP contribution in [0, 0.1) is 11.8 Å². The van der Waals surface area contributed by atoms with Gasteiger partial charge in [0.05, 0.1) is 24.1 Å². The third kappa shape index (κ3) is 4.35. The van der Waals surface area contributed by atoms with E-state index in [1.807, 2.05) is 24.3 Å². The molecule has 0 atom stereocenters. The molecule has 4 nitrogen and oxygen atoms in total. The lowest BCUT2D eigenvalue weighted by atomic mass is 10.2. The molecule has 0 aliphatic heterocycles. The van der Waals surface area contributed by atoms with E-state index >= 15 is 0 Å². The van der Waals surface area contributed by atoms with Crippen LogP contribution in [0.5, 0.6) is 5.75 Å². The topological polar surface area (TPSA) is 64.3 Å². The van der Waals surface area contributed by atoms with Gasteiger partial charge in [0.1, 0.15) is 5.75 Å². The number of carbonyl (C=O) groups excluding carboxylic acids is 1. The minimum atomic E-state index is -0.116. The molecule has 2 aromatic rings. The van der Waals surface area contributed by atoms with Crippen molar-refractivity contribution in [2.45, 2.75) is 6.54 Å². The molecule has 1 aromatic heterocycles. The Hall–Kier alpha value is -2.29. The van der Waals surface area contributed by atoms with Crippen molar-refractivity contribution in [3.8, 4) is 17.6 Å². The highest BCUT2D eigenvalue weighted by atomic mass is 32.1. The molecule has 21 heavy (non-hydrogen) atoms. The van der Waals surface area contributed by atoms with Gasteiger partial charge in [-0.25, -0.2) is 0 Å². The van der Waals surface area contributed by atoms with Crippen LogP contribution in [0.2, 0.25) is 0 Å². The Morgan fingerprint density at radius 1 is 1.43 bits per heavy atom. The van der Waals surface area contributed by atoms with Crippen LogP contribution < -0.4 is 15.8 Å². The molecule has 0 spiro atoms. The maximum absolute atomic E-state index is 12.1. The van der Waals surface area contributed by atoms with Crippen molar-refractivity contribution in [3.05, 3.63) is 51.7 Å². The van der Waals surface area contributed by atoms with Crippen molar-refractivity contribution in [1.29, 1.82) is 0 Å². The first-order chi connectivity index (χ1) is 10.2. The molecular weight excluding hydrogens is 284 g/mol. The Morgan fingerprint density at radius 3 is 3.05 bits per heavy atom. The van der Waals surface area contributed by atoms with Gasteiger partial charge in [0.25, 0.3) is 5.91 Å². The molecule has 3 N–H and O–H groups in total. The molecular formula is C16H16N2O2S. The SMILES string of the molecule is COc1cccc(CNC(=O)c2csc(C#CCN)c2)c1. The lowest BCUT2D eigenvalue weighted by molar-refractivity contribution is 0.0951. The zero-order chi connectivity index (χ0) is 15.1. The molecule has 0 saturated heterocycles. The van der Waals surface area contributed by atoms with Crippen molar-refractivity contribution in [2.75, 3.05) is 13.7 Å². The number of carbonyl (C=O) groups is 1. The van der Waals surface area contributed by atoms with Crippen molar-refractivity contribution < 1.29 is 9.53 Å². The fourth-order valence-electron chi connectivity index (χ4n) is 1.73. The van der Waals surface area contributed by atoms with E-state index in [1.165, 1.54) is 11.3 Å². The summed E-state index contributed by atoms with van der Waals surface area (Å²) < 4.78 is 5.15. The molecule has 0 saturated carbocycles. The summed E-state index contributed by atoms with van der Waals surface area (Å²) >= 11 is 1.44. The van der Waals surface area contributed by atoms with Gasteiger partial charge in [-0.2, -0.15) is 0 Å². The van der Waals surface area contributed by atoms with E-state index in [9.17, 15) is 4.79 Å². The number of benzene rings is 1. The molecule has 0 fully saturated rings. The van der Waals surface area contributed by atoms with Gasteiger partial charge >= 0.3 is 0 Å². The lowest BCUT2D eigenvalue weighted by Crippen LogP contribution is -2.22. The molecule has 0 aliphatic carbocycles. The van der Waals surface area contributed by atoms with Crippen LogP contribution in [0.15, 0.2) is 35.7 Å². The summed E-state index contributed by atoms with van der Waals surface area (Å²) in [7, 11) is 1.62.